The second-order valence-electron chi connectivity index (χ2n) is 4.08. The van der Waals surface area contributed by atoms with Gasteiger partial charge in [0.15, 0.2) is 0 Å². The zero-order valence-corrected chi connectivity index (χ0v) is 11.0. The summed E-state index contributed by atoms with van der Waals surface area (Å²) < 4.78 is 0. The van der Waals surface area contributed by atoms with E-state index in [-0.39, 0.29) is 16.6 Å². The molecule has 7 nitrogen and oxygen atoms in total. The maximum Gasteiger partial charge on any atom is 0.319 e. The first-order chi connectivity index (χ1) is 8.88. The number of pyridine rings is 1. The van der Waals surface area contributed by atoms with Gasteiger partial charge in [-0.05, 0) is 12.0 Å². The van der Waals surface area contributed by atoms with E-state index >= 15 is 0 Å². The van der Waals surface area contributed by atoms with Crippen LogP contribution in [-0.4, -0.2) is 21.9 Å². The molecule has 1 heterocycles. The van der Waals surface area contributed by atoms with E-state index in [1.165, 1.54) is 12.3 Å². The summed E-state index contributed by atoms with van der Waals surface area (Å²) in [5.74, 6) is -0.846. The molecule has 0 radical (unpaired) electrons. The van der Waals surface area contributed by atoms with Crippen LogP contribution in [0.5, 0.6) is 0 Å². The summed E-state index contributed by atoms with van der Waals surface area (Å²) in [6.07, 6.45) is 1.20. The Morgan fingerprint density at radius 1 is 1.63 bits per heavy atom. The molecule has 0 aliphatic heterocycles. The summed E-state index contributed by atoms with van der Waals surface area (Å²) in [7, 11) is 0. The van der Waals surface area contributed by atoms with Crippen LogP contribution >= 0.6 is 11.6 Å². The molecule has 1 rings (SSSR count). The molecule has 0 aliphatic carbocycles. The van der Waals surface area contributed by atoms with Crippen LogP contribution in [0.2, 0.25) is 5.15 Å². The molecule has 19 heavy (non-hydrogen) atoms. The smallest absolute Gasteiger partial charge is 0.319 e. The van der Waals surface area contributed by atoms with E-state index in [2.05, 4.69) is 10.3 Å². The number of amides is 1. The van der Waals surface area contributed by atoms with Crippen molar-refractivity contribution in [2.75, 3.05) is 0 Å². The number of nitriles is 1. The molecule has 0 fully saturated rings. The van der Waals surface area contributed by atoms with Crippen molar-refractivity contribution >= 4 is 23.2 Å². The number of carbonyl (C=O) groups excluding carboxylic acids is 1. The second-order valence-corrected chi connectivity index (χ2v) is 4.44. The lowest BCUT2D eigenvalue weighted by Gasteiger charge is -2.14. The topological polar surface area (TPSA) is 109 Å². The third-order valence-corrected chi connectivity index (χ3v) is 2.68. The standard InChI is InChI=1S/C11H11ClN4O3/c1-6(2)8(5-13)15-11(17)7-3-4-14-10(12)9(7)16(18)19/h3-4,6,8H,1-2H3,(H,15,17). The number of aromatic nitrogens is 1. The van der Waals surface area contributed by atoms with Gasteiger partial charge in [0.2, 0.25) is 5.15 Å². The minimum atomic E-state index is -0.777. The maximum absolute atomic E-state index is 11.9. The number of halogens is 1. The lowest BCUT2D eigenvalue weighted by molar-refractivity contribution is -0.385. The number of hydrogen-bond acceptors (Lipinski definition) is 5. The van der Waals surface area contributed by atoms with Crippen molar-refractivity contribution in [1.82, 2.24) is 10.3 Å². The van der Waals surface area contributed by atoms with Crippen LogP contribution in [0, 0.1) is 27.4 Å². The third kappa shape index (κ3) is 3.39. The van der Waals surface area contributed by atoms with Gasteiger partial charge in [-0.3, -0.25) is 14.9 Å². The van der Waals surface area contributed by atoms with Gasteiger partial charge in [0.05, 0.1) is 11.0 Å². The predicted molar refractivity (Wildman–Crippen MR) is 67.6 cm³/mol. The van der Waals surface area contributed by atoms with Gasteiger partial charge in [0.1, 0.15) is 11.6 Å². The summed E-state index contributed by atoms with van der Waals surface area (Å²) >= 11 is 5.60. The van der Waals surface area contributed by atoms with Gasteiger partial charge in [-0.1, -0.05) is 25.4 Å². The summed E-state index contributed by atoms with van der Waals surface area (Å²) in [5.41, 5.74) is -0.784. The molecule has 1 atom stereocenters. The van der Waals surface area contributed by atoms with Crippen molar-refractivity contribution in [3.63, 3.8) is 0 Å². The average Bonchev–Trinajstić information content (AvgIpc) is 2.34. The zero-order valence-electron chi connectivity index (χ0n) is 10.3. The van der Waals surface area contributed by atoms with Gasteiger partial charge in [-0.15, -0.1) is 0 Å². The van der Waals surface area contributed by atoms with Gasteiger partial charge in [-0.2, -0.15) is 5.26 Å². The number of hydrogen-bond donors (Lipinski definition) is 1. The fourth-order valence-corrected chi connectivity index (χ4v) is 1.58. The highest BCUT2D eigenvalue weighted by molar-refractivity contribution is 6.32. The first-order valence-electron chi connectivity index (χ1n) is 5.37. The van der Waals surface area contributed by atoms with Crippen LogP contribution in [0.4, 0.5) is 5.69 Å². The molecule has 1 aromatic rings. The zero-order chi connectivity index (χ0) is 14.6. The fraction of sp³-hybridized carbons (Fsp3) is 0.364. The molecule has 0 aliphatic rings. The summed E-state index contributed by atoms with van der Waals surface area (Å²) in [4.78, 5) is 25.6. The van der Waals surface area contributed by atoms with Crippen LogP contribution in [0.25, 0.3) is 0 Å². The normalized spacial score (nSPS) is 11.7. The quantitative estimate of drug-likeness (QED) is 0.515. The fourth-order valence-electron chi connectivity index (χ4n) is 1.35. The van der Waals surface area contributed by atoms with Crippen LogP contribution < -0.4 is 5.32 Å². The van der Waals surface area contributed by atoms with Crippen LogP contribution in [-0.2, 0) is 0 Å². The number of nitro groups is 1. The Kier molecular flexibility index (Phi) is 4.78. The molecular weight excluding hydrogens is 272 g/mol. The van der Waals surface area contributed by atoms with Gasteiger partial charge < -0.3 is 5.32 Å². The average molecular weight is 283 g/mol. The Balaban J connectivity index is 3.11. The van der Waals surface area contributed by atoms with Crippen LogP contribution in [0.3, 0.4) is 0 Å². The van der Waals surface area contributed by atoms with Gasteiger partial charge in [0.25, 0.3) is 5.91 Å². The van der Waals surface area contributed by atoms with Crippen molar-refractivity contribution < 1.29 is 9.72 Å². The monoisotopic (exact) mass is 282 g/mol. The SMILES string of the molecule is CC(C)C(C#N)NC(=O)c1ccnc(Cl)c1[N+](=O)[O-]. The van der Waals surface area contributed by atoms with E-state index < -0.39 is 22.6 Å². The Hall–Kier alpha value is -2.20. The largest absolute Gasteiger partial charge is 0.336 e. The van der Waals surface area contributed by atoms with Crippen molar-refractivity contribution in [3.05, 3.63) is 33.1 Å². The Labute approximate surface area is 114 Å². The highest BCUT2D eigenvalue weighted by Crippen LogP contribution is 2.25. The molecule has 1 amide bonds. The van der Waals surface area contributed by atoms with Gasteiger partial charge in [-0.25, -0.2) is 4.98 Å². The predicted octanol–water partition coefficient (Wildman–Crippen LogP) is 1.92. The first kappa shape index (κ1) is 14.9. The van der Waals surface area contributed by atoms with Gasteiger partial charge in [0, 0.05) is 6.20 Å². The Morgan fingerprint density at radius 3 is 2.74 bits per heavy atom. The van der Waals surface area contributed by atoms with Crippen LogP contribution in [0.15, 0.2) is 12.3 Å². The Bertz CT molecular complexity index is 553. The van der Waals surface area contributed by atoms with E-state index in [0.717, 1.165) is 0 Å². The molecule has 0 aromatic carbocycles. The molecule has 1 aromatic heterocycles. The minimum absolute atomic E-state index is 0.120. The lowest BCUT2D eigenvalue weighted by Crippen LogP contribution is -2.37. The lowest BCUT2D eigenvalue weighted by atomic mass is 10.1. The van der Waals surface area contributed by atoms with E-state index in [9.17, 15) is 14.9 Å². The molecule has 8 heteroatoms. The number of carbonyl (C=O) groups is 1. The van der Waals surface area contributed by atoms with E-state index in [1.807, 2.05) is 6.07 Å². The van der Waals surface area contributed by atoms with E-state index in [1.54, 1.807) is 13.8 Å². The molecular formula is C11H11ClN4O3. The number of nitrogens with one attached hydrogen (secondary N) is 1. The maximum atomic E-state index is 11.9. The molecule has 100 valence electrons. The molecule has 1 unspecified atom stereocenters. The highest BCUT2D eigenvalue weighted by Gasteiger charge is 2.26. The number of rotatable bonds is 4. The van der Waals surface area contributed by atoms with Crippen molar-refractivity contribution in [3.8, 4) is 6.07 Å². The number of nitrogens with zero attached hydrogens (tertiary/aromatic N) is 3. The third-order valence-electron chi connectivity index (χ3n) is 2.40. The molecule has 0 spiro atoms. The van der Waals surface area contributed by atoms with Crippen LogP contribution in [0.1, 0.15) is 24.2 Å². The molecule has 0 bridgehead atoms. The van der Waals surface area contributed by atoms with Crippen molar-refractivity contribution in [2.45, 2.75) is 19.9 Å². The van der Waals surface area contributed by atoms with Crippen molar-refractivity contribution in [1.29, 1.82) is 5.26 Å². The first-order valence-corrected chi connectivity index (χ1v) is 5.75. The minimum Gasteiger partial charge on any atom is -0.336 e. The second kappa shape index (κ2) is 6.11. The van der Waals surface area contributed by atoms with Gasteiger partial charge >= 0.3 is 5.69 Å². The molecule has 1 N–H and O–H groups in total. The molecule has 0 saturated carbocycles. The Morgan fingerprint density at radius 2 is 2.26 bits per heavy atom. The summed E-state index contributed by atoms with van der Waals surface area (Å²) in [6.45, 7) is 3.50. The highest BCUT2D eigenvalue weighted by atomic mass is 35.5. The molecule has 0 saturated heterocycles. The van der Waals surface area contributed by atoms with Crippen molar-refractivity contribution in [2.24, 2.45) is 5.92 Å². The summed E-state index contributed by atoms with van der Waals surface area (Å²) in [6, 6.07) is 2.37. The summed E-state index contributed by atoms with van der Waals surface area (Å²) in [5, 5.41) is 21.8. The van der Waals surface area contributed by atoms with E-state index in [0.29, 0.717) is 0 Å². The van der Waals surface area contributed by atoms with E-state index in [4.69, 9.17) is 16.9 Å².